The quantitative estimate of drug-likeness (QED) is 0.807. The molecule has 4 heteroatoms. The van der Waals surface area contributed by atoms with Gasteiger partial charge in [0.15, 0.2) is 5.76 Å². The van der Waals surface area contributed by atoms with Gasteiger partial charge in [0.05, 0.1) is 12.2 Å². The average Bonchev–Trinajstić information content (AvgIpc) is 2.92. The maximum absolute atomic E-state index is 5.50. The summed E-state index contributed by atoms with van der Waals surface area (Å²) < 4.78 is 5.25. The molecule has 2 N–H and O–H groups in total. The second-order valence-corrected chi connectivity index (χ2v) is 4.75. The number of rotatable bonds is 3. The largest absolute Gasteiger partial charge is 0.360 e. The Labute approximate surface area is 89.4 Å². The molecule has 4 nitrogen and oxygen atoms in total. The number of aromatic nitrogens is 1. The van der Waals surface area contributed by atoms with E-state index in [0.717, 1.165) is 30.0 Å². The zero-order valence-corrected chi connectivity index (χ0v) is 8.85. The maximum atomic E-state index is 5.50. The molecule has 0 amide bonds. The van der Waals surface area contributed by atoms with Gasteiger partial charge in [0.1, 0.15) is 0 Å². The van der Waals surface area contributed by atoms with Crippen LogP contribution in [0.4, 0.5) is 0 Å². The van der Waals surface area contributed by atoms with Crippen LogP contribution in [-0.2, 0) is 13.1 Å². The van der Waals surface area contributed by atoms with E-state index in [1.165, 1.54) is 25.8 Å². The van der Waals surface area contributed by atoms with E-state index in [-0.39, 0.29) is 0 Å². The van der Waals surface area contributed by atoms with Gasteiger partial charge in [0.25, 0.3) is 0 Å². The Morgan fingerprint density at radius 2 is 2.47 bits per heavy atom. The predicted octanol–water partition coefficient (Wildman–Crippen LogP) is 1.12. The van der Waals surface area contributed by atoms with E-state index in [0.29, 0.717) is 6.54 Å². The number of nitrogens with zero attached hydrogens (tertiary/aromatic N) is 2. The van der Waals surface area contributed by atoms with Crippen LogP contribution in [-0.4, -0.2) is 22.6 Å². The van der Waals surface area contributed by atoms with E-state index >= 15 is 0 Å². The smallest absolute Gasteiger partial charge is 0.151 e. The fraction of sp³-hybridized carbons (Fsp3) is 0.727. The number of piperidine rings is 1. The van der Waals surface area contributed by atoms with E-state index in [1.54, 1.807) is 0 Å². The summed E-state index contributed by atoms with van der Waals surface area (Å²) in [6.45, 7) is 2.62. The first kappa shape index (κ1) is 9.36. The van der Waals surface area contributed by atoms with Crippen LogP contribution in [0.3, 0.4) is 0 Å². The molecule has 1 aromatic heterocycles. The SMILES string of the molecule is NCc1cc(CN2CC3CCC2C3)on1. The lowest BCUT2D eigenvalue weighted by Crippen LogP contribution is -2.31. The van der Waals surface area contributed by atoms with Gasteiger partial charge in [-0.2, -0.15) is 0 Å². The van der Waals surface area contributed by atoms with Gasteiger partial charge in [-0.15, -0.1) is 0 Å². The Kier molecular flexibility index (Phi) is 2.25. The van der Waals surface area contributed by atoms with E-state index in [1.807, 2.05) is 6.07 Å². The summed E-state index contributed by atoms with van der Waals surface area (Å²) in [5.41, 5.74) is 6.35. The second-order valence-electron chi connectivity index (χ2n) is 4.75. The van der Waals surface area contributed by atoms with Gasteiger partial charge in [-0.05, 0) is 25.2 Å². The van der Waals surface area contributed by atoms with Gasteiger partial charge >= 0.3 is 0 Å². The molecule has 2 unspecified atom stereocenters. The molecule has 1 saturated heterocycles. The molecule has 2 bridgehead atoms. The molecule has 2 aliphatic rings. The van der Waals surface area contributed by atoms with Gasteiger partial charge in [-0.25, -0.2) is 0 Å². The molecule has 2 heterocycles. The Morgan fingerprint density at radius 1 is 1.53 bits per heavy atom. The molecule has 3 rings (SSSR count). The van der Waals surface area contributed by atoms with Crippen molar-refractivity contribution in [1.29, 1.82) is 0 Å². The molecule has 2 fully saturated rings. The first-order valence-electron chi connectivity index (χ1n) is 5.73. The highest BCUT2D eigenvalue weighted by Gasteiger charge is 2.37. The third kappa shape index (κ3) is 1.68. The fourth-order valence-electron chi connectivity index (χ4n) is 2.95. The second kappa shape index (κ2) is 3.61. The van der Waals surface area contributed by atoms with Crippen LogP contribution in [0.25, 0.3) is 0 Å². The molecular formula is C11H17N3O. The summed E-state index contributed by atoms with van der Waals surface area (Å²) in [7, 11) is 0. The molecule has 1 aliphatic carbocycles. The minimum Gasteiger partial charge on any atom is -0.360 e. The van der Waals surface area contributed by atoms with Crippen molar-refractivity contribution in [3.63, 3.8) is 0 Å². The minimum atomic E-state index is 0.468. The summed E-state index contributed by atoms with van der Waals surface area (Å²) >= 11 is 0. The molecule has 0 aromatic carbocycles. The lowest BCUT2D eigenvalue weighted by Gasteiger charge is -2.25. The van der Waals surface area contributed by atoms with Gasteiger partial charge in [-0.1, -0.05) is 5.16 Å². The minimum absolute atomic E-state index is 0.468. The lowest BCUT2D eigenvalue weighted by molar-refractivity contribution is 0.183. The molecule has 15 heavy (non-hydrogen) atoms. The van der Waals surface area contributed by atoms with Crippen molar-refractivity contribution in [2.75, 3.05) is 6.54 Å². The summed E-state index contributed by atoms with van der Waals surface area (Å²) in [4.78, 5) is 2.52. The van der Waals surface area contributed by atoms with Crippen LogP contribution in [0.5, 0.6) is 0 Å². The number of fused-ring (bicyclic) bond motifs is 2. The highest BCUT2D eigenvalue weighted by atomic mass is 16.5. The Bertz CT molecular complexity index is 349. The van der Waals surface area contributed by atoms with Gasteiger partial charge in [0.2, 0.25) is 0 Å². The Hall–Kier alpha value is -0.870. The third-order valence-electron chi connectivity index (χ3n) is 3.70. The summed E-state index contributed by atoms with van der Waals surface area (Å²) in [6, 6.07) is 2.77. The summed E-state index contributed by atoms with van der Waals surface area (Å²) in [5.74, 6) is 1.90. The van der Waals surface area contributed by atoms with E-state index < -0.39 is 0 Å². The van der Waals surface area contributed by atoms with E-state index in [2.05, 4.69) is 10.1 Å². The highest BCUT2D eigenvalue weighted by molar-refractivity contribution is 5.06. The lowest BCUT2D eigenvalue weighted by atomic mass is 10.1. The van der Waals surface area contributed by atoms with Crippen molar-refractivity contribution in [1.82, 2.24) is 10.1 Å². The summed E-state index contributed by atoms with van der Waals surface area (Å²) in [5, 5.41) is 3.91. The van der Waals surface area contributed by atoms with Crippen LogP contribution in [0.15, 0.2) is 10.6 Å². The van der Waals surface area contributed by atoms with Crippen molar-refractivity contribution in [3.8, 4) is 0 Å². The normalized spacial score (nSPS) is 30.2. The topological polar surface area (TPSA) is 55.3 Å². The molecule has 1 saturated carbocycles. The molecule has 0 radical (unpaired) electrons. The Balaban J connectivity index is 1.65. The van der Waals surface area contributed by atoms with Crippen molar-refractivity contribution in [2.24, 2.45) is 11.7 Å². The predicted molar refractivity (Wildman–Crippen MR) is 55.9 cm³/mol. The molecule has 1 aromatic rings. The van der Waals surface area contributed by atoms with Crippen molar-refractivity contribution >= 4 is 0 Å². The Morgan fingerprint density at radius 3 is 3.07 bits per heavy atom. The molecule has 0 spiro atoms. The maximum Gasteiger partial charge on any atom is 0.151 e. The van der Waals surface area contributed by atoms with Crippen molar-refractivity contribution in [2.45, 2.75) is 38.4 Å². The number of hydrogen-bond donors (Lipinski definition) is 1. The van der Waals surface area contributed by atoms with Crippen LogP contribution in [0, 0.1) is 5.92 Å². The van der Waals surface area contributed by atoms with Gasteiger partial charge in [0, 0.05) is 25.2 Å². The zero-order valence-electron chi connectivity index (χ0n) is 8.85. The first-order valence-corrected chi connectivity index (χ1v) is 5.73. The van der Waals surface area contributed by atoms with E-state index in [9.17, 15) is 0 Å². The standard InChI is InChI=1S/C11H17N3O/c12-5-9-4-11(15-13-9)7-14-6-8-1-2-10(14)3-8/h4,8,10H,1-3,5-7,12H2. The van der Waals surface area contributed by atoms with E-state index in [4.69, 9.17) is 10.3 Å². The third-order valence-corrected chi connectivity index (χ3v) is 3.70. The zero-order chi connectivity index (χ0) is 10.3. The molecule has 1 aliphatic heterocycles. The number of nitrogens with two attached hydrogens (primary N) is 1. The van der Waals surface area contributed by atoms with Crippen molar-refractivity contribution < 1.29 is 4.52 Å². The summed E-state index contributed by atoms with van der Waals surface area (Å²) in [6.07, 6.45) is 4.17. The van der Waals surface area contributed by atoms with Crippen LogP contribution in [0.2, 0.25) is 0 Å². The number of likely N-dealkylation sites (tertiary alicyclic amines) is 1. The van der Waals surface area contributed by atoms with Crippen LogP contribution >= 0.6 is 0 Å². The van der Waals surface area contributed by atoms with Gasteiger partial charge < -0.3 is 10.3 Å². The first-order chi connectivity index (χ1) is 7.35. The van der Waals surface area contributed by atoms with Crippen LogP contribution < -0.4 is 5.73 Å². The molecular weight excluding hydrogens is 190 g/mol. The van der Waals surface area contributed by atoms with Crippen molar-refractivity contribution in [3.05, 3.63) is 17.5 Å². The van der Waals surface area contributed by atoms with Crippen LogP contribution in [0.1, 0.15) is 30.7 Å². The molecule has 2 atom stereocenters. The monoisotopic (exact) mass is 207 g/mol. The fourth-order valence-corrected chi connectivity index (χ4v) is 2.95. The van der Waals surface area contributed by atoms with Gasteiger partial charge in [-0.3, -0.25) is 4.90 Å². The number of hydrogen-bond acceptors (Lipinski definition) is 4. The highest BCUT2D eigenvalue weighted by Crippen LogP contribution is 2.38. The average molecular weight is 207 g/mol. The molecule has 82 valence electrons.